The molecule has 0 spiro atoms. The van der Waals surface area contributed by atoms with E-state index in [1.165, 1.54) is 5.56 Å². The highest BCUT2D eigenvalue weighted by molar-refractivity contribution is 7.84. The molecular formula is C19H25NO3S. The maximum atomic E-state index is 10.2. The van der Waals surface area contributed by atoms with Gasteiger partial charge in [-0.05, 0) is 11.6 Å². The average Bonchev–Trinajstić information content (AvgIpc) is 2.47. The first kappa shape index (κ1) is 20.1. The normalized spacial score (nSPS) is 11.3. The van der Waals surface area contributed by atoms with Crippen LogP contribution in [0.15, 0.2) is 73.3 Å². The van der Waals surface area contributed by atoms with E-state index >= 15 is 0 Å². The third-order valence-corrected chi connectivity index (χ3v) is 3.95. The van der Waals surface area contributed by atoms with Gasteiger partial charge < -0.3 is 9.04 Å². The van der Waals surface area contributed by atoms with Crippen molar-refractivity contribution in [2.45, 2.75) is 12.3 Å². The zero-order valence-electron chi connectivity index (χ0n) is 14.3. The first-order valence-corrected chi connectivity index (χ1v) is 9.24. The van der Waals surface area contributed by atoms with Crippen LogP contribution in [-0.2, 0) is 22.4 Å². The number of rotatable bonds is 6. The minimum Gasteiger partial charge on any atom is -0.748 e. The van der Waals surface area contributed by atoms with Gasteiger partial charge in [0.15, 0.2) is 0 Å². The van der Waals surface area contributed by atoms with Crippen molar-refractivity contribution in [2.24, 2.45) is 0 Å². The summed E-state index contributed by atoms with van der Waals surface area (Å²) in [5.41, 5.74) is 1.91. The summed E-state index contributed by atoms with van der Waals surface area (Å²) in [6.07, 6.45) is 1.98. The van der Waals surface area contributed by atoms with Crippen LogP contribution < -0.4 is 0 Å². The van der Waals surface area contributed by atoms with Crippen molar-refractivity contribution in [3.05, 3.63) is 84.4 Å². The Morgan fingerprint density at radius 3 is 1.83 bits per heavy atom. The molecule has 0 aromatic heterocycles. The van der Waals surface area contributed by atoms with Gasteiger partial charge in [-0.3, -0.25) is 0 Å². The summed E-state index contributed by atoms with van der Waals surface area (Å²) in [6, 6.07) is 18.9. The largest absolute Gasteiger partial charge is 0.748 e. The zero-order chi connectivity index (χ0) is 18.1. The van der Waals surface area contributed by atoms with Crippen LogP contribution in [0.4, 0.5) is 0 Å². The molecule has 0 N–H and O–H groups in total. The van der Waals surface area contributed by atoms with E-state index in [1.54, 1.807) is 30.3 Å². The van der Waals surface area contributed by atoms with Crippen molar-refractivity contribution in [3.63, 3.8) is 0 Å². The molecule has 0 saturated carbocycles. The molecular weight excluding hydrogens is 322 g/mol. The number of likely N-dealkylation sites (N-methyl/N-ethyl adjacent to an activating group) is 1. The van der Waals surface area contributed by atoms with Crippen LogP contribution in [0.2, 0.25) is 0 Å². The van der Waals surface area contributed by atoms with Crippen LogP contribution in [-0.4, -0.2) is 38.1 Å². The molecule has 0 heterocycles. The summed E-state index contributed by atoms with van der Waals surface area (Å²) in [7, 11) is 0.307. The molecule has 0 unspecified atom stereocenters. The van der Waals surface area contributed by atoms with Gasteiger partial charge in [0.2, 0.25) is 0 Å². The first-order chi connectivity index (χ1) is 11.2. The fourth-order valence-corrected chi connectivity index (χ4v) is 2.87. The highest BCUT2D eigenvalue weighted by Crippen LogP contribution is 2.08. The van der Waals surface area contributed by atoms with E-state index in [0.717, 1.165) is 17.6 Å². The van der Waals surface area contributed by atoms with Gasteiger partial charge in [0, 0.05) is 5.56 Å². The van der Waals surface area contributed by atoms with Crippen LogP contribution in [0.1, 0.15) is 11.1 Å². The summed E-state index contributed by atoms with van der Waals surface area (Å²) in [5.74, 6) is -0.423. The second-order valence-corrected chi connectivity index (χ2v) is 7.64. The number of benzene rings is 2. The molecule has 0 amide bonds. The van der Waals surface area contributed by atoms with Gasteiger partial charge in [-0.15, -0.1) is 0 Å². The lowest BCUT2D eigenvalue weighted by Crippen LogP contribution is -2.38. The third-order valence-electron chi connectivity index (χ3n) is 3.26. The number of nitrogens with zero attached hydrogens (tertiary/aromatic N) is 1. The summed E-state index contributed by atoms with van der Waals surface area (Å²) in [6.45, 7) is 5.84. The second-order valence-electron chi connectivity index (χ2n) is 6.24. The average molecular weight is 347 g/mol. The van der Waals surface area contributed by atoms with Gasteiger partial charge in [0.05, 0.1) is 36.5 Å². The van der Waals surface area contributed by atoms with Crippen LogP contribution in [0.5, 0.6) is 0 Å². The minimum atomic E-state index is -4.13. The highest BCUT2D eigenvalue weighted by Gasteiger charge is 2.12. The van der Waals surface area contributed by atoms with Crippen LogP contribution >= 0.6 is 0 Å². The van der Waals surface area contributed by atoms with Crippen LogP contribution in [0.25, 0.3) is 0 Å². The maximum absolute atomic E-state index is 10.2. The monoisotopic (exact) mass is 347 g/mol. The summed E-state index contributed by atoms with van der Waals surface area (Å²) >= 11 is 0. The predicted molar refractivity (Wildman–Crippen MR) is 97.2 cm³/mol. The fraction of sp³-hybridized carbons (Fsp3) is 0.263. The molecule has 0 atom stereocenters. The number of hydrogen-bond donors (Lipinski definition) is 0. The van der Waals surface area contributed by atoms with Crippen molar-refractivity contribution >= 4 is 10.1 Å². The Kier molecular flexibility index (Phi) is 7.85. The molecule has 5 heteroatoms. The van der Waals surface area contributed by atoms with Crippen molar-refractivity contribution in [1.29, 1.82) is 0 Å². The van der Waals surface area contributed by atoms with Crippen molar-refractivity contribution in [1.82, 2.24) is 0 Å². The van der Waals surface area contributed by atoms with Crippen LogP contribution in [0.3, 0.4) is 0 Å². The standard InChI is InChI=1S/C12H18N.C7H8O3S/c1-4-10-13(2,3)11-12-8-6-5-7-9-12;8-11(9,10)6-7-4-2-1-3-5-7/h4-9H,1,10-11H2,2-3H3;1-5H,6H2,(H,8,9,10)/q+1;/p-1. The van der Waals surface area contributed by atoms with E-state index in [2.05, 4.69) is 51.0 Å². The topological polar surface area (TPSA) is 57.2 Å². The molecule has 0 aliphatic carbocycles. The first-order valence-electron chi connectivity index (χ1n) is 7.66. The van der Waals surface area contributed by atoms with Crippen molar-refractivity contribution in [2.75, 3.05) is 20.6 Å². The van der Waals surface area contributed by atoms with E-state index in [-0.39, 0.29) is 0 Å². The third kappa shape index (κ3) is 9.25. The molecule has 0 fully saturated rings. The molecule has 0 saturated heterocycles. The zero-order valence-corrected chi connectivity index (χ0v) is 15.1. The van der Waals surface area contributed by atoms with E-state index in [4.69, 9.17) is 0 Å². The van der Waals surface area contributed by atoms with Crippen LogP contribution in [0, 0.1) is 0 Å². The van der Waals surface area contributed by atoms with E-state index in [0.29, 0.717) is 5.56 Å². The maximum Gasteiger partial charge on any atom is 0.104 e. The van der Waals surface area contributed by atoms with Gasteiger partial charge in [-0.2, -0.15) is 0 Å². The number of hydrogen-bond acceptors (Lipinski definition) is 3. The molecule has 0 radical (unpaired) electrons. The Labute approximate surface area is 145 Å². The highest BCUT2D eigenvalue weighted by atomic mass is 32.2. The number of quaternary nitrogens is 1. The molecule has 2 aromatic carbocycles. The Morgan fingerprint density at radius 1 is 0.958 bits per heavy atom. The molecule has 0 bridgehead atoms. The van der Waals surface area contributed by atoms with Gasteiger partial charge in [-0.25, -0.2) is 8.42 Å². The van der Waals surface area contributed by atoms with Gasteiger partial charge >= 0.3 is 0 Å². The Balaban J connectivity index is 0.000000243. The van der Waals surface area contributed by atoms with E-state index < -0.39 is 15.9 Å². The van der Waals surface area contributed by atoms with Gasteiger partial charge in [0.1, 0.15) is 6.54 Å². The Morgan fingerprint density at radius 2 is 1.42 bits per heavy atom. The lowest BCUT2D eigenvalue weighted by molar-refractivity contribution is -0.897. The van der Waals surface area contributed by atoms with Gasteiger partial charge in [0.25, 0.3) is 0 Å². The molecule has 0 aliphatic heterocycles. The summed E-state index contributed by atoms with van der Waals surface area (Å²) in [4.78, 5) is 0. The summed E-state index contributed by atoms with van der Waals surface area (Å²) < 4.78 is 31.7. The summed E-state index contributed by atoms with van der Waals surface area (Å²) in [5, 5.41) is 0. The Hall–Kier alpha value is -1.95. The molecule has 130 valence electrons. The SMILES string of the molecule is C=CC[N+](C)(C)Cc1ccccc1.O=S(=O)([O-])Cc1ccccc1. The van der Waals surface area contributed by atoms with E-state index in [9.17, 15) is 13.0 Å². The molecule has 2 aromatic rings. The van der Waals surface area contributed by atoms with Crippen molar-refractivity contribution < 1.29 is 17.5 Å². The van der Waals surface area contributed by atoms with Crippen molar-refractivity contribution in [3.8, 4) is 0 Å². The smallest absolute Gasteiger partial charge is 0.104 e. The molecule has 0 aliphatic rings. The predicted octanol–water partition coefficient (Wildman–Crippen LogP) is 3.18. The Bertz CT molecular complexity index is 711. The quantitative estimate of drug-likeness (QED) is 0.458. The molecule has 2 rings (SSSR count). The van der Waals surface area contributed by atoms with E-state index in [1.807, 2.05) is 6.08 Å². The lowest BCUT2D eigenvalue weighted by Gasteiger charge is -2.28. The van der Waals surface area contributed by atoms with Gasteiger partial charge in [-0.1, -0.05) is 67.2 Å². The fourth-order valence-electron chi connectivity index (χ4n) is 2.27. The molecule has 4 nitrogen and oxygen atoms in total. The molecule has 24 heavy (non-hydrogen) atoms. The second kappa shape index (κ2) is 9.37. The lowest BCUT2D eigenvalue weighted by atomic mass is 10.2. The minimum absolute atomic E-state index is 0.423.